The number of hydrogen-bond donors (Lipinski definition) is 1. The lowest BCUT2D eigenvalue weighted by Crippen LogP contribution is -2.40. The Morgan fingerprint density at radius 3 is 2.14 bits per heavy atom. The van der Waals surface area contributed by atoms with Crippen molar-refractivity contribution in [2.45, 2.75) is 66.5 Å². The molecule has 120 valence electrons. The van der Waals surface area contributed by atoms with Crippen molar-refractivity contribution in [3.63, 3.8) is 0 Å². The average Bonchev–Trinajstić information content (AvgIpc) is 2.35. The van der Waals surface area contributed by atoms with E-state index < -0.39 is 0 Å². The molecule has 0 fully saturated rings. The number of nitrogens with one attached hydrogen (secondary N) is 1. The monoisotopic (exact) mass is 291 g/mol. The highest BCUT2D eigenvalue weighted by Crippen LogP contribution is 2.29. The molecule has 0 bridgehead atoms. The average molecular weight is 291 g/mol. The molecule has 1 aromatic rings. The second-order valence-electron chi connectivity index (χ2n) is 8.15. The van der Waals surface area contributed by atoms with E-state index in [4.69, 9.17) is 4.98 Å². The van der Waals surface area contributed by atoms with Gasteiger partial charge in [0.2, 0.25) is 0 Å². The molecule has 0 amide bonds. The summed E-state index contributed by atoms with van der Waals surface area (Å²) in [6.45, 7) is 16.6. The predicted molar refractivity (Wildman–Crippen MR) is 93.0 cm³/mol. The molecule has 3 heteroatoms. The molecule has 0 saturated carbocycles. The Morgan fingerprint density at radius 2 is 1.71 bits per heavy atom. The van der Waals surface area contributed by atoms with Crippen LogP contribution in [-0.2, 0) is 12.0 Å². The topological polar surface area (TPSA) is 28.2 Å². The van der Waals surface area contributed by atoms with E-state index in [9.17, 15) is 0 Å². The lowest BCUT2D eigenvalue weighted by atomic mass is 9.87. The maximum atomic E-state index is 4.92. The van der Waals surface area contributed by atoms with Gasteiger partial charge in [0.05, 0.1) is 0 Å². The number of nitrogens with zero attached hydrogens (tertiary/aromatic N) is 2. The van der Waals surface area contributed by atoms with Gasteiger partial charge in [0.25, 0.3) is 0 Å². The highest BCUT2D eigenvalue weighted by molar-refractivity contribution is 5.44. The SMILES string of the molecule is CNCc1cc(N(C)C(C)C(C)(C)C)nc(C(C)(C)C)c1. The number of anilines is 1. The molecule has 1 rings (SSSR count). The van der Waals surface area contributed by atoms with Crippen LogP contribution in [0, 0.1) is 5.41 Å². The van der Waals surface area contributed by atoms with Crippen molar-refractivity contribution in [1.82, 2.24) is 10.3 Å². The second-order valence-corrected chi connectivity index (χ2v) is 8.15. The van der Waals surface area contributed by atoms with Crippen LogP contribution < -0.4 is 10.2 Å². The maximum absolute atomic E-state index is 4.92. The summed E-state index contributed by atoms with van der Waals surface area (Å²) in [5.41, 5.74) is 2.72. The van der Waals surface area contributed by atoms with Crippen LogP contribution >= 0.6 is 0 Å². The smallest absolute Gasteiger partial charge is 0.129 e. The summed E-state index contributed by atoms with van der Waals surface area (Å²) in [5, 5.41) is 3.24. The number of pyridine rings is 1. The van der Waals surface area contributed by atoms with Gasteiger partial charge in [-0.3, -0.25) is 0 Å². The molecule has 1 heterocycles. The van der Waals surface area contributed by atoms with Crippen LogP contribution in [0.4, 0.5) is 5.82 Å². The molecule has 1 aromatic heterocycles. The van der Waals surface area contributed by atoms with E-state index >= 15 is 0 Å². The van der Waals surface area contributed by atoms with E-state index in [-0.39, 0.29) is 10.8 Å². The zero-order chi connectivity index (χ0) is 16.4. The maximum Gasteiger partial charge on any atom is 0.129 e. The quantitative estimate of drug-likeness (QED) is 0.910. The van der Waals surface area contributed by atoms with Gasteiger partial charge in [0.15, 0.2) is 0 Å². The summed E-state index contributed by atoms with van der Waals surface area (Å²) in [7, 11) is 4.13. The molecule has 0 saturated heterocycles. The van der Waals surface area contributed by atoms with Gasteiger partial charge in [-0.15, -0.1) is 0 Å². The van der Waals surface area contributed by atoms with E-state index in [1.165, 1.54) is 5.56 Å². The zero-order valence-electron chi connectivity index (χ0n) is 15.3. The van der Waals surface area contributed by atoms with E-state index in [2.05, 4.69) is 77.9 Å². The fourth-order valence-electron chi connectivity index (χ4n) is 2.22. The van der Waals surface area contributed by atoms with Crippen LogP contribution in [0.15, 0.2) is 12.1 Å². The lowest BCUT2D eigenvalue weighted by molar-refractivity contribution is 0.328. The number of aromatic nitrogens is 1. The van der Waals surface area contributed by atoms with Crippen LogP contribution in [0.25, 0.3) is 0 Å². The molecule has 0 aliphatic heterocycles. The first-order chi connectivity index (χ1) is 9.46. The van der Waals surface area contributed by atoms with Crippen molar-refractivity contribution >= 4 is 5.82 Å². The van der Waals surface area contributed by atoms with Crippen LogP contribution in [0.5, 0.6) is 0 Å². The number of hydrogen-bond acceptors (Lipinski definition) is 3. The van der Waals surface area contributed by atoms with Gasteiger partial charge < -0.3 is 10.2 Å². The lowest BCUT2D eigenvalue weighted by Gasteiger charge is -2.37. The summed E-state index contributed by atoms with van der Waals surface area (Å²) in [6.07, 6.45) is 0. The van der Waals surface area contributed by atoms with Crippen LogP contribution in [0.2, 0.25) is 0 Å². The van der Waals surface area contributed by atoms with Crippen molar-refractivity contribution in [1.29, 1.82) is 0 Å². The highest BCUT2D eigenvalue weighted by Gasteiger charge is 2.26. The number of rotatable bonds is 4. The Balaban J connectivity index is 3.25. The summed E-state index contributed by atoms with van der Waals surface area (Å²) in [5.74, 6) is 1.06. The first-order valence-electron chi connectivity index (χ1n) is 7.85. The Bertz CT molecular complexity index is 466. The van der Waals surface area contributed by atoms with Crippen LogP contribution in [0.3, 0.4) is 0 Å². The predicted octanol–water partition coefficient (Wildman–Crippen LogP) is 3.97. The van der Waals surface area contributed by atoms with Crippen molar-refractivity contribution in [2.75, 3.05) is 19.0 Å². The van der Waals surface area contributed by atoms with E-state index in [1.807, 2.05) is 7.05 Å². The minimum absolute atomic E-state index is 0.0598. The zero-order valence-corrected chi connectivity index (χ0v) is 15.3. The fourth-order valence-corrected chi connectivity index (χ4v) is 2.22. The summed E-state index contributed by atoms with van der Waals surface area (Å²) >= 11 is 0. The van der Waals surface area contributed by atoms with Gasteiger partial charge in [-0.05, 0) is 37.1 Å². The molecular weight excluding hydrogens is 258 g/mol. The summed E-state index contributed by atoms with van der Waals surface area (Å²) < 4.78 is 0. The Kier molecular flexibility index (Phi) is 5.43. The third-order valence-corrected chi connectivity index (χ3v) is 4.22. The van der Waals surface area contributed by atoms with Crippen molar-refractivity contribution in [3.05, 3.63) is 23.4 Å². The third-order valence-electron chi connectivity index (χ3n) is 4.22. The van der Waals surface area contributed by atoms with Crippen molar-refractivity contribution < 1.29 is 0 Å². The van der Waals surface area contributed by atoms with Gasteiger partial charge >= 0.3 is 0 Å². The molecule has 0 radical (unpaired) electrons. The van der Waals surface area contributed by atoms with Gasteiger partial charge in [-0.1, -0.05) is 41.5 Å². The van der Waals surface area contributed by atoms with E-state index in [1.54, 1.807) is 0 Å². The normalized spacial score (nSPS) is 14.1. The van der Waals surface area contributed by atoms with Gasteiger partial charge in [-0.25, -0.2) is 4.98 Å². The van der Waals surface area contributed by atoms with Gasteiger partial charge in [-0.2, -0.15) is 0 Å². The fraction of sp³-hybridized carbons (Fsp3) is 0.722. The van der Waals surface area contributed by atoms with E-state index in [0.29, 0.717) is 6.04 Å². The minimum atomic E-state index is 0.0598. The largest absolute Gasteiger partial charge is 0.356 e. The van der Waals surface area contributed by atoms with Gasteiger partial charge in [0.1, 0.15) is 5.82 Å². The second kappa shape index (κ2) is 6.35. The Morgan fingerprint density at radius 1 is 1.14 bits per heavy atom. The van der Waals surface area contributed by atoms with Gasteiger partial charge in [0, 0.05) is 30.7 Å². The van der Waals surface area contributed by atoms with E-state index in [0.717, 1.165) is 18.1 Å². The molecular formula is C18H33N3. The highest BCUT2D eigenvalue weighted by atomic mass is 15.2. The summed E-state index contributed by atoms with van der Waals surface area (Å²) in [4.78, 5) is 7.22. The van der Waals surface area contributed by atoms with Crippen LogP contribution in [-0.4, -0.2) is 25.1 Å². The molecule has 0 aromatic carbocycles. The standard InChI is InChI=1S/C18H33N3/c1-13(17(2,3)4)21(9)16-11-14(12-19-8)10-15(20-16)18(5,6)7/h10-11,13,19H,12H2,1-9H3. The molecule has 21 heavy (non-hydrogen) atoms. The molecule has 1 atom stereocenters. The molecule has 0 aliphatic carbocycles. The first-order valence-corrected chi connectivity index (χ1v) is 7.85. The Hall–Kier alpha value is -1.09. The molecule has 1 unspecified atom stereocenters. The molecule has 0 aliphatic rings. The molecule has 1 N–H and O–H groups in total. The van der Waals surface area contributed by atoms with Crippen LogP contribution in [0.1, 0.15) is 59.7 Å². The molecule has 0 spiro atoms. The van der Waals surface area contributed by atoms with Crippen molar-refractivity contribution in [3.8, 4) is 0 Å². The first kappa shape index (κ1) is 18.0. The molecule has 3 nitrogen and oxygen atoms in total. The summed E-state index contributed by atoms with van der Waals surface area (Å²) in [6, 6.07) is 4.84. The minimum Gasteiger partial charge on any atom is -0.356 e. The van der Waals surface area contributed by atoms with Crippen molar-refractivity contribution in [2.24, 2.45) is 5.41 Å². The third kappa shape index (κ3) is 4.70. The Labute approximate surface area is 131 Å².